The van der Waals surface area contributed by atoms with Gasteiger partial charge in [0.25, 0.3) is 0 Å². The largest absolute Gasteiger partial charge is 0.493 e. The monoisotopic (exact) mass is 458 g/mol. The van der Waals surface area contributed by atoms with Gasteiger partial charge in [0.2, 0.25) is 21.7 Å². The maximum absolute atomic E-state index is 12.7. The van der Waals surface area contributed by atoms with E-state index in [0.717, 1.165) is 11.1 Å². The van der Waals surface area contributed by atoms with Gasteiger partial charge in [-0.25, -0.2) is 8.42 Å². The lowest BCUT2D eigenvalue weighted by Gasteiger charge is -2.33. The van der Waals surface area contributed by atoms with Gasteiger partial charge >= 0.3 is 0 Å². The van der Waals surface area contributed by atoms with Crippen LogP contribution in [0.25, 0.3) is 11.4 Å². The van der Waals surface area contributed by atoms with E-state index in [1.54, 1.807) is 30.7 Å². The van der Waals surface area contributed by atoms with Gasteiger partial charge in [-0.2, -0.15) is 9.29 Å². The molecule has 2 aromatic carbocycles. The quantitative estimate of drug-likeness (QED) is 0.508. The van der Waals surface area contributed by atoms with E-state index in [4.69, 9.17) is 14.0 Å². The Kier molecular flexibility index (Phi) is 6.73. The summed E-state index contributed by atoms with van der Waals surface area (Å²) in [5, 5.41) is 4.07. The zero-order valence-corrected chi connectivity index (χ0v) is 18.9. The molecule has 0 saturated carbocycles. The topological polar surface area (TPSA) is 98.0 Å². The van der Waals surface area contributed by atoms with Crippen molar-refractivity contribution in [3.05, 3.63) is 60.0 Å². The second-order valence-electron chi connectivity index (χ2n) is 7.50. The van der Waals surface area contributed by atoms with E-state index >= 15 is 0 Å². The smallest absolute Gasteiger partial charge is 0.241 e. The first-order valence-corrected chi connectivity index (χ1v) is 11.9. The highest BCUT2D eigenvalue weighted by atomic mass is 32.2. The van der Waals surface area contributed by atoms with Crippen molar-refractivity contribution < 1.29 is 22.4 Å². The summed E-state index contributed by atoms with van der Waals surface area (Å²) in [5.74, 6) is 2.18. The molecule has 9 nitrogen and oxygen atoms in total. The molecule has 2 heterocycles. The average molecular weight is 459 g/mol. The molecule has 0 radical (unpaired) electrons. The number of rotatable bonds is 8. The first-order valence-electron chi connectivity index (χ1n) is 10.3. The minimum absolute atomic E-state index is 0.0200. The van der Waals surface area contributed by atoms with E-state index in [2.05, 4.69) is 15.0 Å². The Hall–Kier alpha value is -2.95. The third kappa shape index (κ3) is 5.09. The molecule has 0 aliphatic carbocycles. The van der Waals surface area contributed by atoms with Crippen LogP contribution in [0.2, 0.25) is 0 Å². The van der Waals surface area contributed by atoms with Crippen LogP contribution in [0.4, 0.5) is 0 Å². The number of sulfonamides is 1. The zero-order valence-electron chi connectivity index (χ0n) is 18.1. The predicted molar refractivity (Wildman–Crippen MR) is 119 cm³/mol. The number of ether oxygens (including phenoxy) is 2. The molecule has 1 aliphatic heterocycles. The van der Waals surface area contributed by atoms with Crippen LogP contribution in [-0.4, -0.2) is 68.2 Å². The number of piperazine rings is 1. The molecule has 1 fully saturated rings. The van der Waals surface area contributed by atoms with Gasteiger partial charge in [-0.3, -0.25) is 4.90 Å². The van der Waals surface area contributed by atoms with Crippen molar-refractivity contribution in [1.82, 2.24) is 19.3 Å². The van der Waals surface area contributed by atoms with Crippen molar-refractivity contribution in [1.29, 1.82) is 0 Å². The Labute approximate surface area is 187 Å². The van der Waals surface area contributed by atoms with Crippen molar-refractivity contribution in [2.24, 2.45) is 0 Å². The Morgan fingerprint density at radius 1 is 0.969 bits per heavy atom. The van der Waals surface area contributed by atoms with Gasteiger partial charge in [-0.15, -0.1) is 0 Å². The van der Waals surface area contributed by atoms with Crippen LogP contribution >= 0.6 is 0 Å². The molecule has 0 amide bonds. The Morgan fingerprint density at radius 3 is 2.38 bits per heavy atom. The molecule has 1 saturated heterocycles. The molecule has 170 valence electrons. The normalized spacial score (nSPS) is 15.6. The van der Waals surface area contributed by atoms with Crippen LogP contribution in [-0.2, 0) is 22.3 Å². The summed E-state index contributed by atoms with van der Waals surface area (Å²) in [7, 11) is -0.191. The molecule has 4 rings (SSSR count). The highest BCUT2D eigenvalue weighted by Gasteiger charge is 2.28. The van der Waals surface area contributed by atoms with Gasteiger partial charge in [0.1, 0.15) is 0 Å². The minimum atomic E-state index is -3.34. The highest BCUT2D eigenvalue weighted by Crippen LogP contribution is 2.31. The van der Waals surface area contributed by atoms with Gasteiger partial charge in [0.05, 0.1) is 26.5 Å². The van der Waals surface area contributed by atoms with Crippen molar-refractivity contribution in [3.8, 4) is 22.9 Å². The van der Waals surface area contributed by atoms with E-state index in [1.165, 1.54) is 0 Å². The van der Waals surface area contributed by atoms with Crippen molar-refractivity contribution in [2.45, 2.75) is 12.3 Å². The fourth-order valence-electron chi connectivity index (χ4n) is 3.64. The van der Waals surface area contributed by atoms with Gasteiger partial charge in [-0.05, 0) is 23.8 Å². The zero-order chi connectivity index (χ0) is 22.6. The van der Waals surface area contributed by atoms with Gasteiger partial charge in [0.15, 0.2) is 11.5 Å². The van der Waals surface area contributed by atoms with Crippen LogP contribution in [0.5, 0.6) is 11.5 Å². The lowest BCUT2D eigenvalue weighted by molar-refractivity contribution is 0.163. The lowest BCUT2D eigenvalue weighted by atomic mass is 10.2. The molecule has 32 heavy (non-hydrogen) atoms. The van der Waals surface area contributed by atoms with Crippen LogP contribution in [0, 0.1) is 0 Å². The maximum Gasteiger partial charge on any atom is 0.241 e. The Bertz CT molecular complexity index is 1140. The summed E-state index contributed by atoms with van der Waals surface area (Å²) >= 11 is 0. The molecule has 10 heteroatoms. The number of hydrogen-bond donors (Lipinski definition) is 0. The Balaban J connectivity index is 1.35. The maximum atomic E-state index is 12.7. The summed E-state index contributed by atoms with van der Waals surface area (Å²) in [6.45, 7) is 2.54. The molecule has 0 bridgehead atoms. The fourth-order valence-corrected chi connectivity index (χ4v) is 5.16. The molecular weight excluding hydrogens is 432 g/mol. The summed E-state index contributed by atoms with van der Waals surface area (Å²) in [5.41, 5.74) is 1.55. The third-order valence-corrected chi connectivity index (χ3v) is 7.24. The average Bonchev–Trinajstić information content (AvgIpc) is 3.28. The van der Waals surface area contributed by atoms with Crippen LogP contribution in [0.1, 0.15) is 11.5 Å². The van der Waals surface area contributed by atoms with Crippen molar-refractivity contribution in [2.75, 3.05) is 40.4 Å². The van der Waals surface area contributed by atoms with E-state index in [9.17, 15) is 8.42 Å². The van der Waals surface area contributed by atoms with Gasteiger partial charge in [-0.1, -0.05) is 35.5 Å². The number of benzene rings is 2. The summed E-state index contributed by atoms with van der Waals surface area (Å²) in [6, 6.07) is 14.7. The molecule has 0 N–H and O–H groups in total. The van der Waals surface area contributed by atoms with Crippen LogP contribution in [0.3, 0.4) is 0 Å². The SMILES string of the molecule is COc1ccc(-c2noc(CN3CCN(S(=O)(=O)Cc4ccccc4)CC3)n2)cc1OC. The predicted octanol–water partition coefficient (Wildman–Crippen LogP) is 2.40. The van der Waals surface area contributed by atoms with Crippen molar-refractivity contribution in [3.63, 3.8) is 0 Å². The molecule has 0 spiro atoms. The van der Waals surface area contributed by atoms with E-state index in [-0.39, 0.29) is 5.75 Å². The second kappa shape index (κ2) is 9.68. The summed E-state index contributed by atoms with van der Waals surface area (Å²) in [4.78, 5) is 6.59. The standard InChI is InChI=1S/C22H26N4O5S/c1-29-19-9-8-18(14-20(19)30-2)22-23-21(31-24-22)15-25-10-12-26(13-11-25)32(27,28)16-17-6-4-3-5-7-17/h3-9,14H,10-13,15-16H2,1-2H3. The highest BCUT2D eigenvalue weighted by molar-refractivity contribution is 7.88. The lowest BCUT2D eigenvalue weighted by Crippen LogP contribution is -2.48. The number of nitrogens with zero attached hydrogens (tertiary/aromatic N) is 4. The van der Waals surface area contributed by atoms with Gasteiger partial charge < -0.3 is 14.0 Å². The minimum Gasteiger partial charge on any atom is -0.493 e. The molecular formula is C22H26N4O5S. The van der Waals surface area contributed by atoms with E-state index in [0.29, 0.717) is 55.9 Å². The second-order valence-corrected chi connectivity index (χ2v) is 9.47. The Morgan fingerprint density at radius 2 is 1.69 bits per heavy atom. The van der Waals surface area contributed by atoms with Gasteiger partial charge in [0, 0.05) is 31.7 Å². The fraction of sp³-hybridized carbons (Fsp3) is 0.364. The third-order valence-electron chi connectivity index (χ3n) is 5.39. The van der Waals surface area contributed by atoms with E-state index in [1.807, 2.05) is 36.4 Å². The first kappa shape index (κ1) is 22.3. The number of aromatic nitrogens is 2. The molecule has 0 unspecified atom stereocenters. The molecule has 0 atom stereocenters. The van der Waals surface area contributed by atoms with Crippen LogP contribution in [0.15, 0.2) is 53.1 Å². The number of hydrogen-bond acceptors (Lipinski definition) is 8. The van der Waals surface area contributed by atoms with Crippen molar-refractivity contribution >= 4 is 10.0 Å². The number of methoxy groups -OCH3 is 2. The first-order chi connectivity index (χ1) is 15.5. The summed E-state index contributed by atoms with van der Waals surface area (Å²) in [6.07, 6.45) is 0. The molecule has 3 aromatic rings. The summed E-state index contributed by atoms with van der Waals surface area (Å²) < 4.78 is 43.0. The van der Waals surface area contributed by atoms with E-state index < -0.39 is 10.0 Å². The molecule has 1 aromatic heterocycles. The van der Waals surface area contributed by atoms with Crippen LogP contribution < -0.4 is 9.47 Å². The molecule has 1 aliphatic rings.